The van der Waals surface area contributed by atoms with E-state index in [0.717, 1.165) is 0 Å². The number of rotatable bonds is 2. The molecule has 1 saturated carbocycles. The number of aromatic hydroxyl groups is 1. The van der Waals surface area contributed by atoms with Crippen LogP contribution in [-0.2, 0) is 20.0 Å². The highest BCUT2D eigenvalue weighted by atomic mass is 35.5. The minimum Gasteiger partial charge on any atom is -0.508 e. The summed E-state index contributed by atoms with van der Waals surface area (Å²) in [5, 5.41) is 55.2. The third-order valence-corrected chi connectivity index (χ3v) is 7.39. The van der Waals surface area contributed by atoms with Crippen LogP contribution in [-0.4, -0.2) is 73.6 Å². The van der Waals surface area contributed by atoms with Gasteiger partial charge in [0, 0.05) is 28.0 Å². The van der Waals surface area contributed by atoms with Crippen LogP contribution in [0.15, 0.2) is 29.0 Å². The number of nitrogens with two attached hydrogens (primary N) is 1. The molecule has 0 radical (unpaired) electrons. The van der Waals surface area contributed by atoms with Crippen molar-refractivity contribution in [3.8, 4) is 5.75 Å². The zero-order valence-corrected chi connectivity index (χ0v) is 19.9. The highest BCUT2D eigenvalue weighted by molar-refractivity contribution is 6.32. The van der Waals surface area contributed by atoms with Crippen molar-refractivity contribution in [3.05, 3.63) is 45.2 Å². The standard InChI is InChI=1S/C22H23ClN2O8.ClH/c1-21(32)7-6-8-15(25(2)3)17(28)13(20(24)31)19(30)22(8,33)18(29)11(7)16(27)12-10(26)5-4-9(23)14(12)21;/h4-5,7-8,15,26-27,30,32-33H,6H2,1-3H3,(H2,24,31);1H/t7?,8?,15?,21-,22-;/m0./s1. The molecule has 0 spiro atoms. The fraction of sp³-hybridized carbons (Fsp3) is 0.409. The van der Waals surface area contributed by atoms with Crippen molar-refractivity contribution in [2.24, 2.45) is 17.6 Å². The lowest BCUT2D eigenvalue weighted by atomic mass is 9.54. The monoisotopic (exact) mass is 514 g/mol. The summed E-state index contributed by atoms with van der Waals surface area (Å²) in [4.78, 5) is 40.1. The van der Waals surface area contributed by atoms with Crippen molar-refractivity contribution in [2.45, 2.75) is 30.6 Å². The fourth-order valence-corrected chi connectivity index (χ4v) is 5.93. The zero-order valence-electron chi connectivity index (χ0n) is 18.4. The van der Waals surface area contributed by atoms with Crippen LogP contribution in [0.1, 0.15) is 24.5 Å². The molecular weight excluding hydrogens is 491 g/mol. The number of aliphatic hydroxyl groups excluding tert-OH is 2. The molecule has 4 rings (SSSR count). The molecule has 3 unspecified atom stereocenters. The number of nitrogens with zero attached hydrogens (tertiary/aromatic N) is 1. The van der Waals surface area contributed by atoms with Crippen LogP contribution < -0.4 is 5.73 Å². The molecule has 1 amide bonds. The summed E-state index contributed by atoms with van der Waals surface area (Å²) in [6.45, 7) is 1.34. The van der Waals surface area contributed by atoms with Gasteiger partial charge in [-0.25, -0.2) is 0 Å². The van der Waals surface area contributed by atoms with E-state index in [1.165, 1.54) is 38.1 Å². The number of carbonyl (C=O) groups excluding carboxylic acids is 3. The van der Waals surface area contributed by atoms with E-state index in [0.29, 0.717) is 0 Å². The average molecular weight is 515 g/mol. The first kappa shape index (κ1) is 26.0. The Bertz CT molecular complexity index is 1210. The van der Waals surface area contributed by atoms with Gasteiger partial charge < -0.3 is 31.3 Å². The molecule has 0 heterocycles. The second kappa shape index (κ2) is 7.96. The number of primary amides is 1. The number of phenols is 1. The van der Waals surface area contributed by atoms with Gasteiger partial charge in [-0.2, -0.15) is 0 Å². The van der Waals surface area contributed by atoms with E-state index in [1.807, 2.05) is 0 Å². The first-order valence-electron chi connectivity index (χ1n) is 10.1. The second-order valence-electron chi connectivity index (χ2n) is 9.08. The minimum absolute atomic E-state index is 0. The summed E-state index contributed by atoms with van der Waals surface area (Å²) in [5.41, 5.74) is -1.10. The quantitative estimate of drug-likeness (QED) is 0.309. The van der Waals surface area contributed by atoms with Gasteiger partial charge >= 0.3 is 0 Å². The number of phenolic OH excluding ortho intramolecular Hbond substituents is 1. The molecule has 1 fully saturated rings. The van der Waals surface area contributed by atoms with Crippen molar-refractivity contribution < 1.29 is 39.9 Å². The molecule has 0 aromatic heterocycles. The topological polar surface area (TPSA) is 182 Å². The highest BCUT2D eigenvalue weighted by Gasteiger charge is 2.66. The normalized spacial score (nSPS) is 32.7. The molecule has 184 valence electrons. The molecular formula is C22H24Cl2N2O8. The SMILES string of the molecule is CN(C)C1C(=O)C(C(N)=O)=C(O)[C@@]2(O)C(=O)C3=C(O)c4c(O)ccc(Cl)c4[C@@](C)(O)C3CC12.Cl. The molecule has 7 N–H and O–H groups in total. The Morgan fingerprint density at radius 3 is 2.29 bits per heavy atom. The Hall–Kier alpha value is -2.63. The number of fused-ring (bicyclic) bond motifs is 3. The van der Waals surface area contributed by atoms with Crippen LogP contribution in [0.3, 0.4) is 0 Å². The third kappa shape index (κ3) is 3.03. The summed E-state index contributed by atoms with van der Waals surface area (Å²) in [7, 11) is 2.97. The number of carbonyl (C=O) groups is 3. The van der Waals surface area contributed by atoms with E-state index < -0.39 is 75.0 Å². The first-order chi connectivity index (χ1) is 15.2. The van der Waals surface area contributed by atoms with Gasteiger partial charge in [-0.05, 0) is 39.6 Å². The summed E-state index contributed by atoms with van der Waals surface area (Å²) in [6, 6.07) is 1.24. The Balaban J connectivity index is 0.00000324. The summed E-state index contributed by atoms with van der Waals surface area (Å²) < 4.78 is 0. The molecule has 34 heavy (non-hydrogen) atoms. The summed E-state index contributed by atoms with van der Waals surface area (Å²) in [6.07, 6.45) is -0.259. The molecule has 0 aliphatic heterocycles. The molecule has 3 aliphatic rings. The minimum atomic E-state index is -2.78. The lowest BCUT2D eigenvalue weighted by Gasteiger charge is -2.53. The summed E-state index contributed by atoms with van der Waals surface area (Å²) >= 11 is 6.28. The van der Waals surface area contributed by atoms with Crippen LogP contribution in [0, 0.1) is 11.8 Å². The zero-order chi connectivity index (χ0) is 24.8. The maximum absolute atomic E-state index is 13.7. The van der Waals surface area contributed by atoms with Crippen molar-refractivity contribution in [2.75, 3.05) is 14.1 Å². The maximum atomic E-state index is 13.7. The van der Waals surface area contributed by atoms with Gasteiger partial charge in [0.05, 0.1) is 17.2 Å². The smallest absolute Gasteiger partial charge is 0.255 e. The number of ketones is 2. The number of benzene rings is 1. The van der Waals surface area contributed by atoms with E-state index in [-0.39, 0.29) is 35.0 Å². The Kier molecular flexibility index (Phi) is 6.08. The Morgan fingerprint density at radius 1 is 1.18 bits per heavy atom. The predicted octanol–water partition coefficient (Wildman–Crippen LogP) is 0.704. The van der Waals surface area contributed by atoms with Gasteiger partial charge in [0.2, 0.25) is 5.78 Å². The maximum Gasteiger partial charge on any atom is 0.255 e. The van der Waals surface area contributed by atoms with Gasteiger partial charge in [0.1, 0.15) is 22.8 Å². The molecule has 0 bridgehead atoms. The number of aliphatic hydroxyl groups is 4. The summed E-state index contributed by atoms with van der Waals surface area (Å²) in [5.74, 6) is -8.30. The van der Waals surface area contributed by atoms with Gasteiger partial charge in [0.25, 0.3) is 5.91 Å². The molecule has 1 aromatic carbocycles. The second-order valence-corrected chi connectivity index (χ2v) is 9.48. The average Bonchev–Trinajstić information content (AvgIpc) is 2.69. The largest absolute Gasteiger partial charge is 0.508 e. The molecule has 10 nitrogen and oxygen atoms in total. The predicted molar refractivity (Wildman–Crippen MR) is 122 cm³/mol. The molecule has 1 aromatic rings. The van der Waals surface area contributed by atoms with Crippen molar-refractivity contribution in [3.63, 3.8) is 0 Å². The van der Waals surface area contributed by atoms with E-state index >= 15 is 0 Å². The fourth-order valence-electron chi connectivity index (χ4n) is 5.58. The van der Waals surface area contributed by atoms with Crippen LogP contribution >= 0.6 is 24.0 Å². The number of halogens is 2. The van der Waals surface area contributed by atoms with Gasteiger partial charge in [-0.3, -0.25) is 19.3 Å². The molecule has 3 aliphatic carbocycles. The molecule has 0 saturated heterocycles. The van der Waals surface area contributed by atoms with Gasteiger partial charge in [-0.15, -0.1) is 12.4 Å². The Morgan fingerprint density at radius 2 is 1.76 bits per heavy atom. The highest BCUT2D eigenvalue weighted by Crippen LogP contribution is 2.58. The van der Waals surface area contributed by atoms with Crippen LogP contribution in [0.2, 0.25) is 5.02 Å². The van der Waals surface area contributed by atoms with Crippen molar-refractivity contribution >= 4 is 47.2 Å². The Labute approximate surface area is 205 Å². The van der Waals surface area contributed by atoms with Crippen LogP contribution in [0.4, 0.5) is 0 Å². The number of amides is 1. The number of hydrogen-bond donors (Lipinski definition) is 6. The number of likely N-dealkylation sites (N-methyl/N-ethyl adjacent to an activating group) is 1. The van der Waals surface area contributed by atoms with Crippen molar-refractivity contribution in [1.82, 2.24) is 4.90 Å². The van der Waals surface area contributed by atoms with E-state index in [9.17, 15) is 39.9 Å². The lowest BCUT2D eigenvalue weighted by molar-refractivity contribution is -0.159. The van der Waals surface area contributed by atoms with Gasteiger partial charge in [0.15, 0.2) is 11.4 Å². The number of Topliss-reactive ketones (excluding diaryl/α,β-unsaturated/α-hetero) is 2. The first-order valence-corrected chi connectivity index (χ1v) is 10.5. The van der Waals surface area contributed by atoms with Gasteiger partial charge in [-0.1, -0.05) is 11.6 Å². The van der Waals surface area contributed by atoms with Crippen molar-refractivity contribution in [1.29, 1.82) is 0 Å². The molecule has 5 atom stereocenters. The third-order valence-electron chi connectivity index (χ3n) is 7.07. The molecule has 12 heteroatoms. The lowest BCUT2D eigenvalue weighted by Crippen LogP contribution is -2.67. The van der Waals surface area contributed by atoms with E-state index in [1.54, 1.807) is 0 Å². The van der Waals surface area contributed by atoms with E-state index in [4.69, 9.17) is 17.3 Å². The van der Waals surface area contributed by atoms with Crippen LogP contribution in [0.5, 0.6) is 5.75 Å². The van der Waals surface area contributed by atoms with E-state index in [2.05, 4.69) is 0 Å². The number of hydrogen-bond acceptors (Lipinski definition) is 9. The van der Waals surface area contributed by atoms with Crippen LogP contribution in [0.25, 0.3) is 5.76 Å².